The number of rotatable bonds is 3. The SMILES string of the molecule is CS(=O)(=O)N1N=C(c2ccc(Br)cc2)C[C@@H]1c1ccc(F)cc1. The van der Waals surface area contributed by atoms with Gasteiger partial charge in [0.1, 0.15) is 5.82 Å². The van der Waals surface area contributed by atoms with Crippen molar-refractivity contribution < 1.29 is 12.8 Å². The van der Waals surface area contributed by atoms with E-state index in [0.717, 1.165) is 20.7 Å². The van der Waals surface area contributed by atoms with Gasteiger partial charge in [-0.25, -0.2) is 12.8 Å². The topological polar surface area (TPSA) is 49.7 Å². The van der Waals surface area contributed by atoms with Crippen LogP contribution in [-0.2, 0) is 10.0 Å². The molecule has 120 valence electrons. The summed E-state index contributed by atoms with van der Waals surface area (Å²) in [6.07, 6.45) is 1.57. The molecule has 0 unspecified atom stereocenters. The molecule has 0 aliphatic carbocycles. The maximum Gasteiger partial charge on any atom is 0.247 e. The van der Waals surface area contributed by atoms with Crippen LogP contribution in [0.15, 0.2) is 58.1 Å². The summed E-state index contributed by atoms with van der Waals surface area (Å²) in [5, 5.41) is 4.29. The highest BCUT2D eigenvalue weighted by atomic mass is 79.9. The fourth-order valence-electron chi connectivity index (χ4n) is 2.54. The normalized spacial score (nSPS) is 18.1. The molecule has 2 aromatic rings. The van der Waals surface area contributed by atoms with Gasteiger partial charge in [0.25, 0.3) is 0 Å². The molecule has 1 aliphatic rings. The summed E-state index contributed by atoms with van der Waals surface area (Å²) in [6.45, 7) is 0. The van der Waals surface area contributed by atoms with Crippen LogP contribution in [0.5, 0.6) is 0 Å². The third-order valence-electron chi connectivity index (χ3n) is 3.64. The van der Waals surface area contributed by atoms with E-state index in [4.69, 9.17) is 0 Å². The molecule has 3 rings (SSSR count). The van der Waals surface area contributed by atoms with Gasteiger partial charge in [-0.3, -0.25) is 0 Å². The minimum Gasteiger partial charge on any atom is -0.207 e. The number of hydrazone groups is 1. The third kappa shape index (κ3) is 3.45. The lowest BCUT2D eigenvalue weighted by molar-refractivity contribution is 0.374. The molecule has 1 aliphatic heterocycles. The molecule has 1 heterocycles. The third-order valence-corrected chi connectivity index (χ3v) is 5.19. The van der Waals surface area contributed by atoms with Gasteiger partial charge >= 0.3 is 0 Å². The zero-order chi connectivity index (χ0) is 16.6. The van der Waals surface area contributed by atoms with Crippen molar-refractivity contribution in [2.45, 2.75) is 12.5 Å². The standard InChI is InChI=1S/C16H14BrFN2O2S/c1-23(21,22)20-16(12-4-8-14(18)9-5-12)10-15(19-20)11-2-6-13(17)7-3-11/h2-9,16H,10H2,1H3/t16-/m1/s1. The summed E-state index contributed by atoms with van der Waals surface area (Å²) in [5.74, 6) is -0.355. The van der Waals surface area contributed by atoms with Crippen molar-refractivity contribution in [3.8, 4) is 0 Å². The summed E-state index contributed by atoms with van der Waals surface area (Å²) in [6, 6.07) is 12.9. The Morgan fingerprint density at radius 3 is 2.30 bits per heavy atom. The summed E-state index contributed by atoms with van der Waals surface area (Å²) >= 11 is 3.37. The van der Waals surface area contributed by atoms with Crippen LogP contribution in [0.25, 0.3) is 0 Å². The zero-order valence-corrected chi connectivity index (χ0v) is 14.7. The van der Waals surface area contributed by atoms with Crippen LogP contribution in [-0.4, -0.2) is 24.8 Å². The lowest BCUT2D eigenvalue weighted by Gasteiger charge is -2.21. The zero-order valence-electron chi connectivity index (χ0n) is 12.3. The maximum absolute atomic E-state index is 13.1. The smallest absolute Gasteiger partial charge is 0.207 e. The number of benzene rings is 2. The van der Waals surface area contributed by atoms with Crippen LogP contribution in [0.2, 0.25) is 0 Å². The van der Waals surface area contributed by atoms with Crippen LogP contribution in [0.4, 0.5) is 4.39 Å². The van der Waals surface area contributed by atoms with Crippen LogP contribution in [0, 0.1) is 5.82 Å². The van der Waals surface area contributed by atoms with E-state index >= 15 is 0 Å². The van der Waals surface area contributed by atoms with Crippen molar-refractivity contribution >= 4 is 31.7 Å². The van der Waals surface area contributed by atoms with Crippen molar-refractivity contribution in [3.05, 3.63) is 69.9 Å². The summed E-state index contributed by atoms with van der Waals surface area (Å²) in [7, 11) is -3.52. The van der Waals surface area contributed by atoms with E-state index in [-0.39, 0.29) is 5.82 Å². The van der Waals surface area contributed by atoms with Gasteiger partial charge in [0.2, 0.25) is 10.0 Å². The van der Waals surface area contributed by atoms with Gasteiger partial charge in [-0.2, -0.15) is 9.52 Å². The molecule has 0 bridgehead atoms. The molecule has 2 aromatic carbocycles. The van der Waals surface area contributed by atoms with Crippen molar-refractivity contribution in [2.24, 2.45) is 5.10 Å². The molecule has 4 nitrogen and oxygen atoms in total. The van der Waals surface area contributed by atoms with Crippen LogP contribution in [0.3, 0.4) is 0 Å². The molecule has 1 atom stereocenters. The Morgan fingerprint density at radius 2 is 1.74 bits per heavy atom. The molecule has 0 aromatic heterocycles. The van der Waals surface area contributed by atoms with E-state index in [0.29, 0.717) is 17.7 Å². The van der Waals surface area contributed by atoms with Crippen LogP contribution in [0.1, 0.15) is 23.6 Å². The van der Waals surface area contributed by atoms with E-state index in [1.807, 2.05) is 24.3 Å². The second-order valence-corrected chi connectivity index (χ2v) is 8.12. The Bertz CT molecular complexity index is 849. The van der Waals surface area contributed by atoms with Crippen molar-refractivity contribution in [1.29, 1.82) is 0 Å². The first-order chi connectivity index (χ1) is 10.8. The first-order valence-electron chi connectivity index (χ1n) is 6.93. The molecule has 0 radical (unpaired) electrons. The Hall–Kier alpha value is -1.73. The second-order valence-electron chi connectivity index (χ2n) is 5.36. The molecule has 0 saturated heterocycles. The van der Waals surface area contributed by atoms with E-state index in [1.165, 1.54) is 12.1 Å². The summed E-state index contributed by atoms with van der Waals surface area (Å²) < 4.78 is 39.3. The van der Waals surface area contributed by atoms with Gasteiger partial charge in [-0.05, 0) is 35.4 Å². The fraction of sp³-hybridized carbons (Fsp3) is 0.188. The minimum absolute atomic E-state index is 0.355. The highest BCUT2D eigenvalue weighted by Gasteiger charge is 2.34. The van der Waals surface area contributed by atoms with E-state index in [1.54, 1.807) is 12.1 Å². The second kappa shape index (κ2) is 6.05. The average molecular weight is 397 g/mol. The fourth-order valence-corrected chi connectivity index (χ4v) is 3.71. The Labute approximate surface area is 142 Å². The molecule has 0 amide bonds. The largest absolute Gasteiger partial charge is 0.247 e. The summed E-state index contributed by atoms with van der Waals surface area (Å²) in [5.41, 5.74) is 2.27. The number of hydrogen-bond acceptors (Lipinski definition) is 3. The first-order valence-corrected chi connectivity index (χ1v) is 9.57. The molecular formula is C16H14BrFN2O2S. The number of hydrogen-bond donors (Lipinski definition) is 0. The van der Waals surface area contributed by atoms with Gasteiger partial charge in [-0.1, -0.05) is 40.2 Å². The van der Waals surface area contributed by atoms with Crippen LogP contribution < -0.4 is 0 Å². The van der Waals surface area contributed by atoms with Gasteiger partial charge in [0.05, 0.1) is 18.0 Å². The van der Waals surface area contributed by atoms with E-state index < -0.39 is 16.1 Å². The highest BCUT2D eigenvalue weighted by molar-refractivity contribution is 9.10. The van der Waals surface area contributed by atoms with E-state index in [2.05, 4.69) is 21.0 Å². The maximum atomic E-state index is 13.1. The summed E-state index contributed by atoms with van der Waals surface area (Å²) in [4.78, 5) is 0. The lowest BCUT2D eigenvalue weighted by Crippen LogP contribution is -2.25. The molecule has 0 N–H and O–H groups in total. The van der Waals surface area contributed by atoms with Crippen molar-refractivity contribution in [2.75, 3.05) is 6.26 Å². The minimum atomic E-state index is -3.52. The molecule has 0 saturated carbocycles. The number of nitrogens with zero attached hydrogens (tertiary/aromatic N) is 2. The first kappa shape index (κ1) is 16.1. The van der Waals surface area contributed by atoms with Crippen molar-refractivity contribution in [3.63, 3.8) is 0 Å². The van der Waals surface area contributed by atoms with Gasteiger partial charge < -0.3 is 0 Å². The predicted molar refractivity (Wildman–Crippen MR) is 91.1 cm³/mol. The Balaban J connectivity index is 1.99. The molecular weight excluding hydrogens is 383 g/mol. The molecule has 23 heavy (non-hydrogen) atoms. The van der Waals surface area contributed by atoms with Gasteiger partial charge in [0.15, 0.2) is 0 Å². The number of halogens is 2. The molecule has 0 fully saturated rings. The monoisotopic (exact) mass is 396 g/mol. The highest BCUT2D eigenvalue weighted by Crippen LogP contribution is 2.34. The van der Waals surface area contributed by atoms with E-state index in [9.17, 15) is 12.8 Å². The number of sulfonamides is 1. The average Bonchev–Trinajstić information content (AvgIpc) is 2.94. The van der Waals surface area contributed by atoms with Crippen molar-refractivity contribution in [1.82, 2.24) is 4.41 Å². The quantitative estimate of drug-likeness (QED) is 0.793. The Kier molecular flexibility index (Phi) is 4.25. The van der Waals surface area contributed by atoms with Crippen LogP contribution >= 0.6 is 15.9 Å². The Morgan fingerprint density at radius 1 is 1.13 bits per heavy atom. The predicted octanol–water partition coefficient (Wildman–Crippen LogP) is 3.70. The van der Waals surface area contributed by atoms with Gasteiger partial charge in [0, 0.05) is 10.9 Å². The lowest BCUT2D eigenvalue weighted by atomic mass is 9.99. The molecule has 7 heteroatoms. The van der Waals surface area contributed by atoms with Gasteiger partial charge in [-0.15, -0.1) is 0 Å². The molecule has 0 spiro atoms.